The van der Waals surface area contributed by atoms with Gasteiger partial charge in [-0.2, -0.15) is 0 Å². The predicted molar refractivity (Wildman–Crippen MR) is 20.2 cm³/mol. The lowest BCUT2D eigenvalue weighted by Crippen LogP contribution is -1.32. The highest BCUT2D eigenvalue weighted by molar-refractivity contribution is 5.75. The number of nitrogens with one attached hydrogen (secondary N) is 1. The van der Waals surface area contributed by atoms with Gasteiger partial charge in [0.05, 0.1) is 0 Å². The molecule has 0 unspecified atom stereocenters. The van der Waals surface area contributed by atoms with Gasteiger partial charge in [-0.15, -0.1) is 0 Å². The van der Waals surface area contributed by atoms with E-state index < -0.39 is 0 Å². The Morgan fingerprint density at radius 2 is 1.75 bits per heavy atom. The maximum Gasteiger partial charge on any atom is 0 e. The Balaban J connectivity index is 0. The molecule has 0 saturated heterocycles. The van der Waals surface area contributed by atoms with E-state index in [0.29, 0.717) is 0 Å². The molecule has 0 aromatic rings. The molecule has 0 aromatic heterocycles. The van der Waals surface area contributed by atoms with E-state index in [9.17, 15) is 0 Å². The van der Waals surface area contributed by atoms with Gasteiger partial charge in [-0.25, -0.2) is 0 Å². The third kappa shape index (κ3) is 13.3. The molecule has 0 saturated carbocycles. The summed E-state index contributed by atoms with van der Waals surface area (Å²) in [5.74, 6) is 0. The van der Waals surface area contributed by atoms with Crippen LogP contribution in [-0.4, -0.2) is 14.6 Å². The highest BCUT2D eigenvalue weighted by atomic mass is 14.3. The van der Waals surface area contributed by atoms with Crippen LogP contribution in [0.2, 0.25) is 0 Å². The normalized spacial score (nSPS) is 3.25. The first kappa shape index (κ1) is 9.28. The SMILES string of the molecule is CC=N.[B]. The summed E-state index contributed by atoms with van der Waals surface area (Å²) in [5.41, 5.74) is 0. The quantitative estimate of drug-likeness (QED) is 0.303. The molecule has 0 bridgehead atoms. The molecule has 0 fully saturated rings. The third-order valence-electron chi connectivity index (χ3n) is 0. The molecule has 0 amide bonds. The average Bonchev–Trinajstić information content (AvgIpc) is 0.918. The summed E-state index contributed by atoms with van der Waals surface area (Å²) in [7, 11) is 0. The maximum absolute atomic E-state index is 6.08. The second-order valence-corrected chi connectivity index (χ2v) is 0.289. The van der Waals surface area contributed by atoms with Gasteiger partial charge in [0, 0.05) is 8.41 Å². The number of hydrogen-bond donors (Lipinski definition) is 1. The van der Waals surface area contributed by atoms with E-state index in [-0.39, 0.29) is 8.41 Å². The lowest BCUT2D eigenvalue weighted by Gasteiger charge is -1.30. The Morgan fingerprint density at radius 1 is 1.75 bits per heavy atom. The fourth-order valence-corrected chi connectivity index (χ4v) is 0. The molecular weight excluding hydrogens is 48.8 g/mol. The summed E-state index contributed by atoms with van der Waals surface area (Å²) in [6, 6.07) is 0. The Bertz CT molecular complexity index is 13.5. The standard InChI is InChI=1S/C2H5N.B/c1-2-3;/h2-3H,1H3;. The minimum absolute atomic E-state index is 0. The van der Waals surface area contributed by atoms with E-state index in [1.165, 1.54) is 6.21 Å². The van der Waals surface area contributed by atoms with Gasteiger partial charge in [0.1, 0.15) is 0 Å². The fourth-order valence-electron chi connectivity index (χ4n) is 0. The van der Waals surface area contributed by atoms with Crippen LogP contribution in [0.25, 0.3) is 0 Å². The molecule has 0 rings (SSSR count). The lowest BCUT2D eigenvalue weighted by molar-refractivity contribution is 1.55. The maximum atomic E-state index is 6.08. The smallest absolute Gasteiger partial charge is 0 e. The molecule has 3 radical (unpaired) electrons. The molecule has 0 aromatic carbocycles. The van der Waals surface area contributed by atoms with Crippen LogP contribution in [-0.2, 0) is 0 Å². The van der Waals surface area contributed by atoms with Crippen molar-refractivity contribution in [3.05, 3.63) is 0 Å². The van der Waals surface area contributed by atoms with Crippen LogP contribution in [0.5, 0.6) is 0 Å². The van der Waals surface area contributed by atoms with Gasteiger partial charge in [0.2, 0.25) is 0 Å². The summed E-state index contributed by atoms with van der Waals surface area (Å²) in [6.07, 6.45) is 1.25. The zero-order valence-corrected chi connectivity index (χ0v) is 2.65. The van der Waals surface area contributed by atoms with E-state index in [2.05, 4.69) is 0 Å². The van der Waals surface area contributed by atoms with Gasteiger partial charge < -0.3 is 5.41 Å². The molecule has 1 N–H and O–H groups in total. The first-order chi connectivity index (χ1) is 1.41. The number of hydrogen-bond acceptors (Lipinski definition) is 1. The Morgan fingerprint density at radius 3 is 1.75 bits per heavy atom. The Kier molecular flexibility index (Phi) is 35.4. The van der Waals surface area contributed by atoms with Crippen molar-refractivity contribution in [1.29, 1.82) is 5.41 Å². The van der Waals surface area contributed by atoms with E-state index >= 15 is 0 Å². The van der Waals surface area contributed by atoms with Crippen LogP contribution >= 0.6 is 0 Å². The molecule has 0 aliphatic carbocycles. The molecule has 2 heteroatoms. The van der Waals surface area contributed by atoms with E-state index in [0.717, 1.165) is 0 Å². The fraction of sp³-hybridized carbons (Fsp3) is 0.500. The first-order valence-corrected chi connectivity index (χ1v) is 0.866. The van der Waals surface area contributed by atoms with Gasteiger partial charge in [-0.3, -0.25) is 0 Å². The van der Waals surface area contributed by atoms with Crippen LogP contribution in [0.4, 0.5) is 0 Å². The number of rotatable bonds is 0. The van der Waals surface area contributed by atoms with Crippen molar-refractivity contribution in [3.8, 4) is 0 Å². The van der Waals surface area contributed by atoms with Crippen molar-refractivity contribution < 1.29 is 0 Å². The van der Waals surface area contributed by atoms with E-state index in [1.54, 1.807) is 6.92 Å². The second-order valence-electron chi connectivity index (χ2n) is 0.289. The first-order valence-electron chi connectivity index (χ1n) is 0.866. The molecule has 0 heterocycles. The van der Waals surface area contributed by atoms with E-state index in [1.807, 2.05) is 0 Å². The third-order valence-corrected chi connectivity index (χ3v) is 0. The summed E-state index contributed by atoms with van der Waals surface area (Å²) in [5, 5.41) is 6.08. The van der Waals surface area contributed by atoms with Crippen molar-refractivity contribution in [3.63, 3.8) is 0 Å². The van der Waals surface area contributed by atoms with E-state index in [4.69, 9.17) is 5.41 Å². The molecule has 4 heavy (non-hydrogen) atoms. The van der Waals surface area contributed by atoms with Crippen LogP contribution < -0.4 is 0 Å². The average molecular weight is 53.9 g/mol. The largest absolute Gasteiger partial charge is 0.313 e. The summed E-state index contributed by atoms with van der Waals surface area (Å²) >= 11 is 0. The summed E-state index contributed by atoms with van der Waals surface area (Å²) in [6.45, 7) is 1.67. The monoisotopic (exact) mass is 54.1 g/mol. The predicted octanol–water partition coefficient (Wildman–Crippen LogP) is 0.275. The van der Waals surface area contributed by atoms with Gasteiger partial charge in [0.25, 0.3) is 0 Å². The lowest BCUT2D eigenvalue weighted by atomic mass is 10.8. The van der Waals surface area contributed by atoms with Crippen LogP contribution in [0.1, 0.15) is 6.92 Å². The van der Waals surface area contributed by atoms with Crippen LogP contribution in [0, 0.1) is 5.41 Å². The van der Waals surface area contributed by atoms with Gasteiger partial charge in [-0.1, -0.05) is 0 Å². The van der Waals surface area contributed by atoms with Crippen molar-refractivity contribution in [2.45, 2.75) is 6.92 Å². The molecule has 0 aliphatic rings. The minimum Gasteiger partial charge on any atom is -0.313 e. The molecule has 0 aliphatic heterocycles. The Labute approximate surface area is 28.1 Å². The van der Waals surface area contributed by atoms with Crippen molar-refractivity contribution in [1.82, 2.24) is 0 Å². The molecule has 0 spiro atoms. The van der Waals surface area contributed by atoms with Gasteiger partial charge in [0.15, 0.2) is 0 Å². The van der Waals surface area contributed by atoms with Crippen molar-refractivity contribution in [2.75, 3.05) is 0 Å². The van der Waals surface area contributed by atoms with Gasteiger partial charge in [-0.05, 0) is 13.1 Å². The summed E-state index contributed by atoms with van der Waals surface area (Å²) < 4.78 is 0. The van der Waals surface area contributed by atoms with Crippen molar-refractivity contribution >= 4 is 14.6 Å². The molecular formula is C2H5BN. The molecule has 0 atom stereocenters. The second kappa shape index (κ2) is 15.2. The highest BCUT2D eigenvalue weighted by Crippen LogP contribution is 1.16. The zero-order chi connectivity index (χ0) is 2.71. The zero-order valence-electron chi connectivity index (χ0n) is 2.65. The van der Waals surface area contributed by atoms with Crippen molar-refractivity contribution in [2.24, 2.45) is 0 Å². The van der Waals surface area contributed by atoms with Crippen LogP contribution in [0.15, 0.2) is 0 Å². The molecule has 1 nitrogen and oxygen atoms in total. The van der Waals surface area contributed by atoms with Gasteiger partial charge >= 0.3 is 0 Å². The van der Waals surface area contributed by atoms with Crippen LogP contribution in [0.3, 0.4) is 0 Å². The Hall–Kier alpha value is -0.265. The molecule has 21 valence electrons. The topological polar surface area (TPSA) is 23.9 Å². The minimum atomic E-state index is 0. The highest BCUT2D eigenvalue weighted by Gasteiger charge is 1.17. The summed E-state index contributed by atoms with van der Waals surface area (Å²) in [4.78, 5) is 0.